The number of ether oxygens (including phenoxy) is 1. The highest BCUT2D eigenvalue weighted by Gasteiger charge is 2.20. The molecule has 3 rings (SSSR count). The fourth-order valence-electron chi connectivity index (χ4n) is 1.74. The van der Waals surface area contributed by atoms with E-state index in [0.717, 1.165) is 11.3 Å². The van der Waals surface area contributed by atoms with Crippen LogP contribution in [0.25, 0.3) is 0 Å². The van der Waals surface area contributed by atoms with Crippen molar-refractivity contribution in [1.29, 1.82) is 0 Å². The molecule has 0 radical (unpaired) electrons. The molecule has 0 saturated heterocycles. The lowest BCUT2D eigenvalue weighted by atomic mass is 10.3. The number of aromatic nitrogens is 2. The molecule has 1 aliphatic heterocycles. The summed E-state index contributed by atoms with van der Waals surface area (Å²) in [4.78, 5) is 8.89. The quantitative estimate of drug-likeness (QED) is 0.715. The molecule has 86 valence electrons. The largest absolute Gasteiger partial charge is 0.454 e. The minimum absolute atomic E-state index is 0.430. The first kappa shape index (κ1) is 10.4. The first-order chi connectivity index (χ1) is 8.24. The highest BCUT2D eigenvalue weighted by molar-refractivity contribution is 7.84. The second-order valence-corrected chi connectivity index (χ2v) is 5.27. The van der Waals surface area contributed by atoms with Gasteiger partial charge in [-0.15, -0.1) is 0 Å². The van der Waals surface area contributed by atoms with Gasteiger partial charge in [-0.2, -0.15) is 0 Å². The van der Waals surface area contributed by atoms with Gasteiger partial charge in [0.1, 0.15) is 5.75 Å². The van der Waals surface area contributed by atoms with Gasteiger partial charge in [-0.05, 0) is 19.1 Å². The minimum Gasteiger partial charge on any atom is -0.454 e. The molecular weight excluding hydrogens is 236 g/mol. The Morgan fingerprint density at radius 3 is 3.12 bits per heavy atom. The van der Waals surface area contributed by atoms with Crippen molar-refractivity contribution in [3.8, 4) is 11.5 Å². The average molecular weight is 246 g/mol. The molecule has 1 aliphatic rings. The third-order valence-corrected chi connectivity index (χ3v) is 3.96. The molecule has 1 atom stereocenters. The summed E-state index contributed by atoms with van der Waals surface area (Å²) in [6.07, 6.45) is 4.98. The molecule has 0 amide bonds. The maximum absolute atomic E-state index is 12.2. The Kier molecular flexibility index (Phi) is 2.40. The third kappa shape index (κ3) is 1.82. The van der Waals surface area contributed by atoms with Crippen LogP contribution in [0.1, 0.15) is 11.3 Å². The summed E-state index contributed by atoms with van der Waals surface area (Å²) in [5.74, 6) is 1.70. The first-order valence-corrected chi connectivity index (χ1v) is 6.52. The van der Waals surface area contributed by atoms with Crippen molar-refractivity contribution in [2.45, 2.75) is 17.6 Å². The Balaban J connectivity index is 2.17. The molecule has 5 heteroatoms. The molecule has 0 bridgehead atoms. The molecule has 17 heavy (non-hydrogen) atoms. The van der Waals surface area contributed by atoms with E-state index in [9.17, 15) is 4.21 Å². The van der Waals surface area contributed by atoms with Crippen molar-refractivity contribution in [1.82, 2.24) is 9.97 Å². The van der Waals surface area contributed by atoms with Gasteiger partial charge in [-0.3, -0.25) is 14.2 Å². The molecule has 0 spiro atoms. The molecule has 2 aromatic heterocycles. The van der Waals surface area contributed by atoms with Crippen molar-refractivity contribution in [2.24, 2.45) is 0 Å². The molecular formula is C12H10N2O2S. The molecule has 3 heterocycles. The number of nitrogens with zero attached hydrogens (tertiary/aromatic N) is 2. The minimum atomic E-state index is -1.11. The summed E-state index contributed by atoms with van der Waals surface area (Å²) < 4.78 is 17.9. The first-order valence-electron chi connectivity index (χ1n) is 5.20. The van der Waals surface area contributed by atoms with Crippen LogP contribution >= 0.6 is 0 Å². The lowest BCUT2D eigenvalue weighted by Crippen LogP contribution is -1.96. The van der Waals surface area contributed by atoms with Gasteiger partial charge in [0.2, 0.25) is 0 Å². The number of hydrogen-bond acceptors (Lipinski definition) is 4. The fraction of sp³-hybridized carbons (Fsp3) is 0.167. The van der Waals surface area contributed by atoms with Crippen LogP contribution in [-0.2, 0) is 16.6 Å². The maximum atomic E-state index is 12.2. The van der Waals surface area contributed by atoms with Gasteiger partial charge in [0.05, 0.1) is 27.6 Å². The zero-order valence-electron chi connectivity index (χ0n) is 9.21. The Labute approximate surface area is 101 Å². The Hall–Kier alpha value is -1.75. The van der Waals surface area contributed by atoms with Crippen LogP contribution < -0.4 is 4.74 Å². The van der Waals surface area contributed by atoms with Gasteiger partial charge >= 0.3 is 0 Å². The lowest BCUT2D eigenvalue weighted by Gasteiger charge is -2.06. The van der Waals surface area contributed by atoms with E-state index >= 15 is 0 Å². The average Bonchev–Trinajstić information content (AvgIpc) is 2.46. The Bertz CT molecular complexity index is 613. The van der Waals surface area contributed by atoms with E-state index < -0.39 is 10.8 Å². The van der Waals surface area contributed by atoms with Crippen LogP contribution in [0.2, 0.25) is 0 Å². The Morgan fingerprint density at radius 1 is 1.35 bits per heavy atom. The van der Waals surface area contributed by atoms with Gasteiger partial charge in [-0.1, -0.05) is 0 Å². The van der Waals surface area contributed by atoms with Crippen molar-refractivity contribution < 1.29 is 8.95 Å². The molecule has 1 unspecified atom stereocenters. The summed E-state index contributed by atoms with van der Waals surface area (Å²) in [5.41, 5.74) is 1.70. The van der Waals surface area contributed by atoms with E-state index in [4.69, 9.17) is 4.74 Å². The van der Waals surface area contributed by atoms with Crippen LogP contribution in [0.15, 0.2) is 35.6 Å². The molecule has 0 saturated carbocycles. The monoisotopic (exact) mass is 246 g/mol. The van der Waals surface area contributed by atoms with Crippen molar-refractivity contribution in [3.05, 3.63) is 42.0 Å². The van der Waals surface area contributed by atoms with Crippen LogP contribution in [-0.4, -0.2) is 14.2 Å². The number of rotatable bonds is 0. The molecule has 4 nitrogen and oxygen atoms in total. The van der Waals surface area contributed by atoms with Crippen LogP contribution in [0.3, 0.4) is 0 Å². The van der Waals surface area contributed by atoms with Crippen molar-refractivity contribution >= 4 is 10.8 Å². The second kappa shape index (κ2) is 3.92. The third-order valence-electron chi connectivity index (χ3n) is 2.58. The van der Waals surface area contributed by atoms with Gasteiger partial charge in [-0.25, -0.2) is 0 Å². The number of fused-ring (bicyclic) bond motifs is 2. The summed E-state index contributed by atoms with van der Waals surface area (Å²) in [7, 11) is -1.11. The van der Waals surface area contributed by atoms with E-state index in [1.165, 1.54) is 0 Å². The zero-order valence-corrected chi connectivity index (χ0v) is 10.0. The molecule has 0 aliphatic carbocycles. The summed E-state index contributed by atoms with van der Waals surface area (Å²) >= 11 is 0. The standard InChI is InChI=1S/C12H10N2O2S/c1-8-4-12-11(6-14-8)16-10-2-3-13-5-9(10)7-17(12)15/h2-6H,7H2,1H3. The predicted octanol–water partition coefficient (Wildman–Crippen LogP) is 2.20. The van der Waals surface area contributed by atoms with Gasteiger partial charge in [0, 0.05) is 23.7 Å². The molecule has 0 fully saturated rings. The smallest absolute Gasteiger partial charge is 0.161 e. The number of aryl methyl sites for hydroxylation is 1. The second-order valence-electron chi connectivity index (χ2n) is 3.85. The van der Waals surface area contributed by atoms with E-state index in [1.54, 1.807) is 24.7 Å². The highest BCUT2D eigenvalue weighted by Crippen LogP contribution is 2.34. The normalized spacial score (nSPS) is 17.6. The molecule has 2 aromatic rings. The van der Waals surface area contributed by atoms with E-state index in [-0.39, 0.29) is 0 Å². The van der Waals surface area contributed by atoms with Crippen LogP contribution in [0.5, 0.6) is 11.5 Å². The van der Waals surface area contributed by atoms with Gasteiger partial charge < -0.3 is 4.74 Å². The van der Waals surface area contributed by atoms with Crippen LogP contribution in [0.4, 0.5) is 0 Å². The Morgan fingerprint density at radius 2 is 2.24 bits per heavy atom. The highest BCUT2D eigenvalue weighted by atomic mass is 32.2. The van der Waals surface area contributed by atoms with Gasteiger partial charge in [0.15, 0.2) is 5.75 Å². The fourth-order valence-corrected chi connectivity index (χ4v) is 3.01. The topological polar surface area (TPSA) is 52.1 Å². The van der Waals surface area contributed by atoms with E-state index in [2.05, 4.69) is 9.97 Å². The van der Waals surface area contributed by atoms with Crippen molar-refractivity contribution in [2.75, 3.05) is 0 Å². The van der Waals surface area contributed by atoms with Crippen LogP contribution in [0, 0.1) is 6.92 Å². The van der Waals surface area contributed by atoms with Crippen molar-refractivity contribution in [3.63, 3.8) is 0 Å². The van der Waals surface area contributed by atoms with Gasteiger partial charge in [0.25, 0.3) is 0 Å². The van der Waals surface area contributed by atoms with E-state index in [0.29, 0.717) is 22.1 Å². The number of hydrogen-bond donors (Lipinski definition) is 0. The summed E-state index contributed by atoms with van der Waals surface area (Å²) in [6, 6.07) is 3.59. The zero-order chi connectivity index (χ0) is 11.8. The number of pyridine rings is 2. The van der Waals surface area contributed by atoms with E-state index in [1.807, 2.05) is 13.0 Å². The SMILES string of the molecule is Cc1cc2c(cn1)Oc1ccncc1CS2=O. The maximum Gasteiger partial charge on any atom is 0.161 e. The summed E-state index contributed by atoms with van der Waals surface area (Å²) in [5, 5.41) is 0. The molecule has 0 N–H and O–H groups in total. The predicted molar refractivity (Wildman–Crippen MR) is 63.4 cm³/mol. The summed E-state index contributed by atoms with van der Waals surface area (Å²) in [6.45, 7) is 1.87. The lowest BCUT2D eigenvalue weighted by molar-refractivity contribution is 0.465. The molecule has 0 aromatic carbocycles.